The van der Waals surface area contributed by atoms with Crippen LogP contribution in [0.15, 0.2) is 60.9 Å². The van der Waals surface area contributed by atoms with Gasteiger partial charge in [0, 0.05) is 44.3 Å². The van der Waals surface area contributed by atoms with Gasteiger partial charge < -0.3 is 5.32 Å². The average molecular weight is 361 g/mol. The summed E-state index contributed by atoms with van der Waals surface area (Å²) in [5.41, 5.74) is 7.31. The molecule has 0 radical (unpaired) electrons. The molecule has 0 bridgehead atoms. The lowest BCUT2D eigenvalue weighted by Crippen LogP contribution is -2.29. The van der Waals surface area contributed by atoms with E-state index in [-0.39, 0.29) is 0 Å². The van der Waals surface area contributed by atoms with E-state index in [1.807, 2.05) is 36.7 Å². The Morgan fingerprint density at radius 3 is 1.85 bits per heavy atom. The monoisotopic (exact) mass is 360 g/mol. The third kappa shape index (κ3) is 5.63. The summed E-state index contributed by atoms with van der Waals surface area (Å²) in [4.78, 5) is 11.3. The molecule has 27 heavy (non-hydrogen) atoms. The Kier molecular flexibility index (Phi) is 6.55. The molecule has 3 aromatic rings. The van der Waals surface area contributed by atoms with E-state index in [0.717, 1.165) is 37.6 Å². The summed E-state index contributed by atoms with van der Waals surface area (Å²) in [7, 11) is 0. The third-order valence-electron chi connectivity index (χ3n) is 4.63. The van der Waals surface area contributed by atoms with Crippen LogP contribution in [0.4, 0.5) is 5.69 Å². The Bertz CT molecular complexity index is 782. The van der Waals surface area contributed by atoms with E-state index in [9.17, 15) is 0 Å². The highest BCUT2D eigenvalue weighted by atomic mass is 15.1. The minimum absolute atomic E-state index is 0.810. The number of nitrogens with zero attached hydrogens (tertiary/aromatic N) is 3. The Morgan fingerprint density at radius 1 is 0.815 bits per heavy atom. The second-order valence-corrected chi connectivity index (χ2v) is 7.05. The topological polar surface area (TPSA) is 41.0 Å². The summed E-state index contributed by atoms with van der Waals surface area (Å²) in [6, 6.07) is 16.6. The lowest BCUT2D eigenvalue weighted by Gasteiger charge is -2.23. The van der Waals surface area contributed by atoms with Crippen LogP contribution < -0.4 is 5.32 Å². The number of hydrogen-bond acceptors (Lipinski definition) is 4. The van der Waals surface area contributed by atoms with Crippen molar-refractivity contribution in [2.45, 2.75) is 33.9 Å². The van der Waals surface area contributed by atoms with Gasteiger partial charge in [-0.3, -0.25) is 14.9 Å². The van der Waals surface area contributed by atoms with Gasteiger partial charge in [-0.1, -0.05) is 29.8 Å². The van der Waals surface area contributed by atoms with E-state index in [1.165, 1.54) is 22.4 Å². The minimum Gasteiger partial charge on any atom is -0.383 e. The zero-order chi connectivity index (χ0) is 19.1. The predicted molar refractivity (Wildman–Crippen MR) is 112 cm³/mol. The highest BCUT2D eigenvalue weighted by Crippen LogP contribution is 2.21. The van der Waals surface area contributed by atoms with Gasteiger partial charge in [0.1, 0.15) is 0 Å². The van der Waals surface area contributed by atoms with Gasteiger partial charge in [0.2, 0.25) is 0 Å². The van der Waals surface area contributed by atoms with Crippen LogP contribution in [0.1, 0.15) is 28.1 Å². The van der Waals surface area contributed by atoms with Crippen molar-refractivity contribution in [1.82, 2.24) is 14.9 Å². The number of hydrogen-bond donors (Lipinski definition) is 1. The van der Waals surface area contributed by atoms with Gasteiger partial charge in [0.25, 0.3) is 0 Å². The van der Waals surface area contributed by atoms with Gasteiger partial charge in [-0.25, -0.2) is 0 Å². The van der Waals surface area contributed by atoms with Crippen LogP contribution in [0, 0.1) is 20.8 Å². The maximum Gasteiger partial charge on any atom is 0.0544 e. The number of benzene rings is 1. The molecule has 140 valence electrons. The smallest absolute Gasteiger partial charge is 0.0544 e. The molecule has 0 aliphatic carbocycles. The number of rotatable bonds is 8. The van der Waals surface area contributed by atoms with Crippen LogP contribution in [0.5, 0.6) is 0 Å². The normalized spacial score (nSPS) is 11.0. The molecule has 0 amide bonds. The van der Waals surface area contributed by atoms with Crippen molar-refractivity contribution in [3.05, 3.63) is 89.0 Å². The lowest BCUT2D eigenvalue weighted by atomic mass is 10.1. The number of aromatic nitrogens is 2. The molecule has 0 spiro atoms. The first-order valence-electron chi connectivity index (χ1n) is 9.46. The molecule has 0 unspecified atom stereocenters. The van der Waals surface area contributed by atoms with Crippen LogP contribution in [0.3, 0.4) is 0 Å². The van der Waals surface area contributed by atoms with Gasteiger partial charge >= 0.3 is 0 Å². The van der Waals surface area contributed by atoms with Crippen molar-refractivity contribution in [3.63, 3.8) is 0 Å². The van der Waals surface area contributed by atoms with Crippen LogP contribution in [-0.4, -0.2) is 28.0 Å². The van der Waals surface area contributed by atoms with E-state index >= 15 is 0 Å². The first-order chi connectivity index (χ1) is 13.1. The SMILES string of the molecule is Cc1cc(C)c(NCCN(Cc2ccccn2)Cc2ccccn2)c(C)c1. The Hall–Kier alpha value is -2.72. The molecule has 0 saturated carbocycles. The van der Waals surface area contributed by atoms with E-state index in [4.69, 9.17) is 0 Å². The van der Waals surface area contributed by atoms with Gasteiger partial charge in [0.15, 0.2) is 0 Å². The molecule has 0 atom stereocenters. The zero-order valence-electron chi connectivity index (χ0n) is 16.4. The van der Waals surface area contributed by atoms with E-state index in [2.05, 4.69) is 65.2 Å². The fraction of sp³-hybridized carbons (Fsp3) is 0.304. The lowest BCUT2D eigenvalue weighted by molar-refractivity contribution is 0.261. The molecule has 4 heteroatoms. The maximum absolute atomic E-state index is 4.48. The molecule has 0 aliphatic rings. The third-order valence-corrected chi connectivity index (χ3v) is 4.63. The molecule has 2 heterocycles. The fourth-order valence-corrected chi connectivity index (χ4v) is 3.45. The average Bonchev–Trinajstić information content (AvgIpc) is 2.65. The van der Waals surface area contributed by atoms with E-state index in [1.54, 1.807) is 0 Å². The summed E-state index contributed by atoms with van der Waals surface area (Å²) in [6.45, 7) is 9.90. The zero-order valence-corrected chi connectivity index (χ0v) is 16.4. The second kappa shape index (κ2) is 9.28. The molecular weight excluding hydrogens is 332 g/mol. The van der Waals surface area contributed by atoms with Crippen LogP contribution >= 0.6 is 0 Å². The van der Waals surface area contributed by atoms with Crippen molar-refractivity contribution in [2.24, 2.45) is 0 Å². The summed E-state index contributed by atoms with van der Waals surface area (Å²) < 4.78 is 0. The van der Waals surface area contributed by atoms with Gasteiger partial charge in [-0.15, -0.1) is 0 Å². The first kappa shape index (κ1) is 19.1. The highest BCUT2D eigenvalue weighted by molar-refractivity contribution is 5.58. The van der Waals surface area contributed by atoms with Crippen LogP contribution in [0.2, 0.25) is 0 Å². The number of aryl methyl sites for hydroxylation is 3. The van der Waals surface area contributed by atoms with Crippen molar-refractivity contribution < 1.29 is 0 Å². The molecular formula is C23H28N4. The van der Waals surface area contributed by atoms with E-state index in [0.29, 0.717) is 0 Å². The molecule has 1 aromatic carbocycles. The number of anilines is 1. The summed E-state index contributed by atoms with van der Waals surface area (Å²) in [6.07, 6.45) is 3.71. The second-order valence-electron chi connectivity index (χ2n) is 7.05. The Balaban J connectivity index is 1.66. The molecule has 4 nitrogen and oxygen atoms in total. The Labute approximate surface area is 162 Å². The summed E-state index contributed by atoms with van der Waals surface area (Å²) >= 11 is 0. The molecule has 0 saturated heterocycles. The number of nitrogens with one attached hydrogen (secondary N) is 1. The quantitative estimate of drug-likeness (QED) is 0.641. The minimum atomic E-state index is 0.810. The highest BCUT2D eigenvalue weighted by Gasteiger charge is 2.10. The van der Waals surface area contributed by atoms with E-state index < -0.39 is 0 Å². The summed E-state index contributed by atoms with van der Waals surface area (Å²) in [5, 5.41) is 3.63. The molecule has 2 aromatic heterocycles. The van der Waals surface area contributed by atoms with Crippen LogP contribution in [-0.2, 0) is 13.1 Å². The standard InChI is InChI=1S/C23H28N4/c1-18-14-19(2)23(20(3)15-18)26-12-13-27(16-21-8-4-6-10-24-21)17-22-9-5-7-11-25-22/h4-11,14-15,26H,12-13,16-17H2,1-3H3. The fourth-order valence-electron chi connectivity index (χ4n) is 3.45. The molecule has 0 fully saturated rings. The largest absolute Gasteiger partial charge is 0.383 e. The van der Waals surface area contributed by atoms with Gasteiger partial charge in [0.05, 0.1) is 11.4 Å². The molecule has 1 N–H and O–H groups in total. The van der Waals surface area contributed by atoms with Crippen molar-refractivity contribution in [2.75, 3.05) is 18.4 Å². The summed E-state index contributed by atoms with van der Waals surface area (Å²) in [5.74, 6) is 0. The van der Waals surface area contributed by atoms with Crippen LogP contribution in [0.25, 0.3) is 0 Å². The molecule has 3 rings (SSSR count). The molecule has 0 aliphatic heterocycles. The maximum atomic E-state index is 4.48. The van der Waals surface area contributed by atoms with Crippen molar-refractivity contribution in [3.8, 4) is 0 Å². The number of pyridine rings is 2. The van der Waals surface area contributed by atoms with Crippen molar-refractivity contribution in [1.29, 1.82) is 0 Å². The van der Waals surface area contributed by atoms with Crippen molar-refractivity contribution >= 4 is 5.69 Å². The van der Waals surface area contributed by atoms with Gasteiger partial charge in [-0.05, 0) is 56.2 Å². The van der Waals surface area contributed by atoms with Gasteiger partial charge in [-0.2, -0.15) is 0 Å². The Morgan fingerprint density at radius 2 is 1.37 bits per heavy atom. The first-order valence-corrected chi connectivity index (χ1v) is 9.46. The predicted octanol–water partition coefficient (Wildman–Crippen LogP) is 4.52.